The van der Waals surface area contributed by atoms with Crippen LogP contribution in [0.1, 0.15) is 23.3 Å². The predicted octanol–water partition coefficient (Wildman–Crippen LogP) is 2.51. The molecule has 0 saturated carbocycles. The van der Waals surface area contributed by atoms with Crippen molar-refractivity contribution in [2.75, 3.05) is 26.7 Å². The van der Waals surface area contributed by atoms with Crippen LogP contribution in [-0.4, -0.2) is 41.7 Å². The number of rotatable bonds is 4. The molecule has 0 aliphatic carbocycles. The van der Waals surface area contributed by atoms with Crippen molar-refractivity contribution in [3.8, 4) is 0 Å². The summed E-state index contributed by atoms with van der Waals surface area (Å²) in [6.45, 7) is 2.86. The van der Waals surface area contributed by atoms with Crippen molar-refractivity contribution in [1.82, 2.24) is 20.4 Å². The lowest BCUT2D eigenvalue weighted by molar-refractivity contribution is 0.190. The zero-order chi connectivity index (χ0) is 14.7. The second kappa shape index (κ2) is 7.92. The van der Waals surface area contributed by atoms with Gasteiger partial charge in [0.1, 0.15) is 0 Å². The second-order valence-corrected chi connectivity index (χ2v) is 5.75. The Balaban J connectivity index is 0.00000176. The first-order valence-corrected chi connectivity index (χ1v) is 7.58. The van der Waals surface area contributed by atoms with Crippen LogP contribution < -0.4 is 5.32 Å². The molecule has 1 unspecified atom stereocenters. The van der Waals surface area contributed by atoms with E-state index >= 15 is 0 Å². The Morgan fingerprint density at radius 2 is 2.18 bits per heavy atom. The summed E-state index contributed by atoms with van der Waals surface area (Å²) in [4.78, 5) is 6.78. The molecular weight excluding hydrogens is 323 g/mol. The maximum Gasteiger partial charge on any atom is 0.227 e. The molecule has 0 amide bonds. The average Bonchev–Trinajstić information content (AvgIpc) is 2.96. The molecule has 0 bridgehead atoms. The molecule has 7 heteroatoms. The van der Waals surface area contributed by atoms with E-state index in [1.165, 1.54) is 0 Å². The SMILES string of the molecule is CN1CCNCC1c1noc(CCc2ccccc2Cl)n1.Cl. The largest absolute Gasteiger partial charge is 0.339 e. The monoisotopic (exact) mass is 342 g/mol. The smallest absolute Gasteiger partial charge is 0.227 e. The molecule has 1 fully saturated rings. The molecule has 1 aromatic heterocycles. The molecule has 1 N–H and O–H groups in total. The molecule has 0 spiro atoms. The van der Waals surface area contributed by atoms with Crippen molar-refractivity contribution in [2.45, 2.75) is 18.9 Å². The van der Waals surface area contributed by atoms with Crippen molar-refractivity contribution in [3.05, 3.63) is 46.6 Å². The summed E-state index contributed by atoms with van der Waals surface area (Å²) in [5.41, 5.74) is 1.11. The van der Waals surface area contributed by atoms with Crippen molar-refractivity contribution in [3.63, 3.8) is 0 Å². The normalized spacial score (nSPS) is 18.9. The number of aryl methyl sites for hydroxylation is 2. The quantitative estimate of drug-likeness (QED) is 0.925. The van der Waals surface area contributed by atoms with Crippen LogP contribution in [0.4, 0.5) is 0 Å². The van der Waals surface area contributed by atoms with Crippen molar-refractivity contribution < 1.29 is 4.52 Å². The van der Waals surface area contributed by atoms with Gasteiger partial charge in [0.25, 0.3) is 0 Å². The Morgan fingerprint density at radius 3 is 2.95 bits per heavy atom. The first-order chi connectivity index (χ1) is 10.2. The molecule has 1 saturated heterocycles. The lowest BCUT2D eigenvalue weighted by atomic mass is 10.1. The molecule has 2 aromatic rings. The Kier molecular flexibility index (Phi) is 6.20. The molecule has 1 aliphatic heterocycles. The maximum absolute atomic E-state index is 6.15. The topological polar surface area (TPSA) is 54.2 Å². The third kappa shape index (κ3) is 3.98. The molecule has 22 heavy (non-hydrogen) atoms. The molecule has 0 radical (unpaired) electrons. The Morgan fingerprint density at radius 1 is 1.36 bits per heavy atom. The number of hydrogen-bond donors (Lipinski definition) is 1. The average molecular weight is 343 g/mol. The van der Waals surface area contributed by atoms with Gasteiger partial charge < -0.3 is 9.84 Å². The zero-order valence-electron chi connectivity index (χ0n) is 12.5. The van der Waals surface area contributed by atoms with Crippen molar-refractivity contribution in [2.24, 2.45) is 0 Å². The lowest BCUT2D eigenvalue weighted by Crippen LogP contribution is -2.44. The van der Waals surface area contributed by atoms with Crippen LogP contribution in [0.2, 0.25) is 5.02 Å². The fourth-order valence-corrected chi connectivity index (χ4v) is 2.77. The van der Waals surface area contributed by atoms with E-state index < -0.39 is 0 Å². The fourth-order valence-electron chi connectivity index (χ4n) is 2.54. The summed E-state index contributed by atoms with van der Waals surface area (Å²) in [5.74, 6) is 1.43. The van der Waals surface area contributed by atoms with E-state index in [1.807, 2.05) is 24.3 Å². The van der Waals surface area contributed by atoms with Gasteiger partial charge in [0.2, 0.25) is 5.89 Å². The van der Waals surface area contributed by atoms with Crippen LogP contribution in [-0.2, 0) is 12.8 Å². The van der Waals surface area contributed by atoms with Gasteiger partial charge in [0, 0.05) is 31.1 Å². The first kappa shape index (κ1) is 17.2. The minimum atomic E-state index is 0. The van der Waals surface area contributed by atoms with Crippen LogP contribution in [0.3, 0.4) is 0 Å². The van der Waals surface area contributed by atoms with Crippen LogP contribution in [0, 0.1) is 0 Å². The second-order valence-electron chi connectivity index (χ2n) is 5.34. The van der Waals surface area contributed by atoms with Gasteiger partial charge in [-0.25, -0.2) is 0 Å². The highest BCUT2D eigenvalue weighted by molar-refractivity contribution is 6.31. The number of likely N-dealkylation sites (N-methyl/N-ethyl adjacent to an activating group) is 1. The van der Waals surface area contributed by atoms with Gasteiger partial charge in [-0.3, -0.25) is 4.90 Å². The molecule has 3 rings (SSSR count). The summed E-state index contributed by atoms with van der Waals surface area (Å²) in [6, 6.07) is 8.04. The molecule has 5 nitrogen and oxygen atoms in total. The highest BCUT2D eigenvalue weighted by atomic mass is 35.5. The van der Waals surface area contributed by atoms with Crippen LogP contribution in [0.15, 0.2) is 28.8 Å². The van der Waals surface area contributed by atoms with E-state index in [2.05, 4.69) is 27.4 Å². The summed E-state index contributed by atoms with van der Waals surface area (Å²) in [5, 5.41) is 8.27. The molecule has 2 heterocycles. The first-order valence-electron chi connectivity index (χ1n) is 7.21. The molecule has 1 aromatic carbocycles. The van der Waals surface area contributed by atoms with Crippen molar-refractivity contribution >= 4 is 24.0 Å². The number of nitrogens with zero attached hydrogens (tertiary/aromatic N) is 3. The molecular formula is C15H20Cl2N4O. The van der Waals surface area contributed by atoms with Crippen LogP contribution in [0.5, 0.6) is 0 Å². The standard InChI is InChI=1S/C15H19ClN4O.ClH/c1-20-9-8-17-10-13(20)15-18-14(21-19-15)7-6-11-4-2-3-5-12(11)16;/h2-5,13,17H,6-10H2,1H3;1H. The van der Waals surface area contributed by atoms with Gasteiger partial charge in [-0.05, 0) is 25.1 Å². The minimum Gasteiger partial charge on any atom is -0.339 e. The Bertz CT molecular complexity index is 605. The number of benzene rings is 1. The van der Waals surface area contributed by atoms with Crippen LogP contribution in [0.25, 0.3) is 0 Å². The van der Waals surface area contributed by atoms with Gasteiger partial charge in [0.05, 0.1) is 6.04 Å². The van der Waals surface area contributed by atoms with Gasteiger partial charge in [0.15, 0.2) is 5.82 Å². The van der Waals surface area contributed by atoms with E-state index in [-0.39, 0.29) is 18.4 Å². The lowest BCUT2D eigenvalue weighted by Gasteiger charge is -2.30. The van der Waals surface area contributed by atoms with E-state index in [4.69, 9.17) is 16.1 Å². The Labute approximate surface area is 141 Å². The van der Waals surface area contributed by atoms with Crippen molar-refractivity contribution in [1.29, 1.82) is 0 Å². The number of hydrogen-bond acceptors (Lipinski definition) is 5. The highest BCUT2D eigenvalue weighted by Crippen LogP contribution is 2.19. The summed E-state index contributed by atoms with van der Waals surface area (Å²) >= 11 is 6.15. The predicted molar refractivity (Wildman–Crippen MR) is 88.6 cm³/mol. The van der Waals surface area contributed by atoms with Gasteiger partial charge in [-0.15, -0.1) is 12.4 Å². The van der Waals surface area contributed by atoms with Gasteiger partial charge >= 0.3 is 0 Å². The summed E-state index contributed by atoms with van der Waals surface area (Å²) in [6.07, 6.45) is 1.51. The maximum atomic E-state index is 6.15. The third-order valence-corrected chi connectivity index (χ3v) is 4.23. The minimum absolute atomic E-state index is 0. The van der Waals surface area contributed by atoms with E-state index in [1.54, 1.807) is 0 Å². The molecule has 120 valence electrons. The summed E-state index contributed by atoms with van der Waals surface area (Å²) in [7, 11) is 2.09. The number of aromatic nitrogens is 2. The Hall–Kier alpha value is -1.14. The number of piperazine rings is 1. The zero-order valence-corrected chi connectivity index (χ0v) is 14.0. The number of nitrogens with one attached hydrogen (secondary N) is 1. The molecule has 1 aliphatic rings. The van der Waals surface area contributed by atoms with E-state index in [0.29, 0.717) is 12.3 Å². The number of halogens is 2. The highest BCUT2D eigenvalue weighted by Gasteiger charge is 2.25. The van der Waals surface area contributed by atoms with Gasteiger partial charge in [-0.2, -0.15) is 4.98 Å². The van der Waals surface area contributed by atoms with E-state index in [9.17, 15) is 0 Å². The fraction of sp³-hybridized carbons (Fsp3) is 0.467. The third-order valence-electron chi connectivity index (χ3n) is 3.86. The summed E-state index contributed by atoms with van der Waals surface area (Å²) < 4.78 is 5.37. The van der Waals surface area contributed by atoms with Crippen LogP contribution >= 0.6 is 24.0 Å². The van der Waals surface area contributed by atoms with Gasteiger partial charge in [-0.1, -0.05) is 35.0 Å². The molecule has 1 atom stereocenters. The van der Waals surface area contributed by atoms with E-state index in [0.717, 1.165) is 42.5 Å².